The largest absolute Gasteiger partial charge is 0.465 e. The van der Waals surface area contributed by atoms with Crippen LogP contribution in [0.2, 0.25) is 0 Å². The van der Waals surface area contributed by atoms with Crippen LogP contribution in [0.3, 0.4) is 0 Å². The number of aryl methyl sites for hydroxylation is 1. The molecule has 0 aromatic carbocycles. The number of aromatic nitrogens is 3. The summed E-state index contributed by atoms with van der Waals surface area (Å²) in [6.07, 6.45) is 5.15. The molecular formula is C11H14N4O3S2. The Balaban J connectivity index is 1.70. The third-order valence-corrected chi connectivity index (χ3v) is 5.48. The fourth-order valence-corrected chi connectivity index (χ4v) is 4.08. The molecule has 1 aliphatic heterocycles. The molecule has 20 heavy (non-hydrogen) atoms. The average Bonchev–Trinajstić information content (AvgIpc) is 3.10. The first-order valence-corrected chi connectivity index (χ1v) is 8.42. The molecule has 1 atom stereocenters. The Morgan fingerprint density at radius 1 is 1.45 bits per heavy atom. The predicted octanol–water partition coefficient (Wildman–Crippen LogP) is 0.719. The normalized spacial score (nSPS) is 20.4. The van der Waals surface area contributed by atoms with Gasteiger partial charge in [0.1, 0.15) is 6.10 Å². The predicted molar refractivity (Wildman–Crippen MR) is 73.1 cm³/mol. The molecule has 0 radical (unpaired) electrons. The van der Waals surface area contributed by atoms with Gasteiger partial charge in [0.15, 0.2) is 5.03 Å². The highest BCUT2D eigenvalue weighted by Crippen LogP contribution is 2.24. The van der Waals surface area contributed by atoms with Gasteiger partial charge in [-0.25, -0.2) is 18.4 Å². The van der Waals surface area contributed by atoms with Crippen LogP contribution in [0.5, 0.6) is 5.19 Å². The lowest BCUT2D eigenvalue weighted by atomic mass is 10.3. The number of ether oxygens (including phenoxy) is 1. The Morgan fingerprint density at radius 2 is 2.30 bits per heavy atom. The molecule has 0 saturated carbocycles. The molecule has 3 rings (SSSR count). The minimum atomic E-state index is -3.53. The maximum absolute atomic E-state index is 12.4. The van der Waals surface area contributed by atoms with Crippen LogP contribution in [0.25, 0.3) is 0 Å². The van der Waals surface area contributed by atoms with Crippen molar-refractivity contribution in [1.82, 2.24) is 18.8 Å². The van der Waals surface area contributed by atoms with Crippen LogP contribution in [0, 0.1) is 0 Å². The zero-order chi connectivity index (χ0) is 14.2. The van der Waals surface area contributed by atoms with E-state index in [-0.39, 0.29) is 11.1 Å². The third kappa shape index (κ3) is 2.56. The number of thiazole rings is 1. The van der Waals surface area contributed by atoms with Crippen molar-refractivity contribution >= 4 is 21.4 Å². The minimum absolute atomic E-state index is 0.0786. The maximum Gasteiger partial charge on any atom is 0.273 e. The maximum atomic E-state index is 12.4. The molecule has 1 aliphatic rings. The summed E-state index contributed by atoms with van der Waals surface area (Å²) in [5.74, 6) is 0. The van der Waals surface area contributed by atoms with Crippen molar-refractivity contribution in [2.75, 3.05) is 13.1 Å². The lowest BCUT2D eigenvalue weighted by molar-refractivity contribution is 0.214. The summed E-state index contributed by atoms with van der Waals surface area (Å²) in [5.41, 5.74) is 0. The molecule has 0 amide bonds. The van der Waals surface area contributed by atoms with Crippen LogP contribution in [0.4, 0.5) is 0 Å². The summed E-state index contributed by atoms with van der Waals surface area (Å²) in [6.45, 7) is 0.771. The molecule has 3 heterocycles. The average molecular weight is 314 g/mol. The first-order valence-electron chi connectivity index (χ1n) is 6.10. The minimum Gasteiger partial charge on any atom is -0.465 e. The van der Waals surface area contributed by atoms with E-state index in [1.165, 1.54) is 28.2 Å². The van der Waals surface area contributed by atoms with Crippen molar-refractivity contribution in [3.05, 3.63) is 24.1 Å². The molecule has 0 N–H and O–H groups in total. The number of hydrogen-bond acceptors (Lipinski definition) is 6. The summed E-state index contributed by atoms with van der Waals surface area (Å²) < 4.78 is 33.4. The standard InChI is InChI=1S/C11H14N4O3S2/c1-14-7-10(13-8-14)20(16,17)15-4-2-9(6-15)18-11-12-3-5-19-11/h3,5,7-9H,2,4,6H2,1H3. The van der Waals surface area contributed by atoms with E-state index in [2.05, 4.69) is 9.97 Å². The van der Waals surface area contributed by atoms with Gasteiger partial charge in [0.25, 0.3) is 15.2 Å². The molecular weight excluding hydrogens is 300 g/mol. The van der Waals surface area contributed by atoms with E-state index in [9.17, 15) is 8.42 Å². The molecule has 2 aromatic rings. The van der Waals surface area contributed by atoms with E-state index in [0.717, 1.165) is 0 Å². The van der Waals surface area contributed by atoms with Crippen LogP contribution in [0.15, 0.2) is 29.1 Å². The van der Waals surface area contributed by atoms with Gasteiger partial charge in [0.2, 0.25) is 0 Å². The van der Waals surface area contributed by atoms with E-state index in [1.54, 1.807) is 17.8 Å². The highest BCUT2D eigenvalue weighted by Gasteiger charge is 2.35. The van der Waals surface area contributed by atoms with E-state index >= 15 is 0 Å². The van der Waals surface area contributed by atoms with Crippen molar-refractivity contribution in [3.8, 4) is 5.19 Å². The van der Waals surface area contributed by atoms with Gasteiger partial charge in [-0.1, -0.05) is 11.3 Å². The van der Waals surface area contributed by atoms with Crippen LogP contribution >= 0.6 is 11.3 Å². The fourth-order valence-electron chi connectivity index (χ4n) is 2.08. The summed E-state index contributed by atoms with van der Waals surface area (Å²) in [4.78, 5) is 7.96. The van der Waals surface area contributed by atoms with Crippen LogP contribution in [-0.2, 0) is 17.1 Å². The van der Waals surface area contributed by atoms with Gasteiger partial charge in [-0.3, -0.25) is 0 Å². The van der Waals surface area contributed by atoms with Gasteiger partial charge >= 0.3 is 0 Å². The van der Waals surface area contributed by atoms with Crippen LogP contribution in [0.1, 0.15) is 6.42 Å². The Hall–Kier alpha value is -1.45. The molecule has 2 aromatic heterocycles. The molecule has 7 nitrogen and oxygen atoms in total. The number of imidazole rings is 1. The van der Waals surface area contributed by atoms with Crippen molar-refractivity contribution in [3.63, 3.8) is 0 Å². The molecule has 0 aliphatic carbocycles. The smallest absolute Gasteiger partial charge is 0.273 e. The first-order chi connectivity index (χ1) is 9.55. The van der Waals surface area contributed by atoms with Gasteiger partial charge in [-0.15, -0.1) is 0 Å². The quantitative estimate of drug-likeness (QED) is 0.831. The van der Waals surface area contributed by atoms with Crippen LogP contribution < -0.4 is 4.74 Å². The second-order valence-corrected chi connectivity index (χ2v) is 7.31. The van der Waals surface area contributed by atoms with E-state index in [1.807, 2.05) is 5.38 Å². The topological polar surface area (TPSA) is 77.3 Å². The Labute approximate surface area is 120 Å². The van der Waals surface area contributed by atoms with Crippen molar-refractivity contribution in [2.24, 2.45) is 7.05 Å². The highest BCUT2D eigenvalue weighted by molar-refractivity contribution is 7.89. The monoisotopic (exact) mass is 314 g/mol. The summed E-state index contributed by atoms with van der Waals surface area (Å²) in [6, 6.07) is 0. The van der Waals surface area contributed by atoms with Crippen LogP contribution in [-0.4, -0.2) is 46.5 Å². The summed E-state index contributed by atoms with van der Waals surface area (Å²) >= 11 is 1.40. The highest BCUT2D eigenvalue weighted by atomic mass is 32.2. The molecule has 9 heteroatoms. The van der Waals surface area contributed by atoms with Crippen molar-refractivity contribution in [2.45, 2.75) is 17.6 Å². The van der Waals surface area contributed by atoms with Gasteiger partial charge in [0, 0.05) is 31.4 Å². The molecule has 1 fully saturated rings. The Kier molecular flexibility index (Phi) is 3.48. The number of sulfonamides is 1. The second kappa shape index (κ2) is 5.15. The van der Waals surface area contributed by atoms with Gasteiger partial charge in [-0.2, -0.15) is 4.31 Å². The summed E-state index contributed by atoms with van der Waals surface area (Å²) in [5, 5.41) is 2.48. The zero-order valence-electron chi connectivity index (χ0n) is 10.8. The fraction of sp³-hybridized carbons (Fsp3) is 0.455. The van der Waals surface area contributed by atoms with Crippen molar-refractivity contribution in [1.29, 1.82) is 0 Å². The van der Waals surface area contributed by atoms with E-state index < -0.39 is 10.0 Å². The summed E-state index contributed by atoms with van der Waals surface area (Å²) in [7, 11) is -1.78. The second-order valence-electron chi connectivity index (χ2n) is 4.57. The van der Waals surface area contributed by atoms with E-state index in [4.69, 9.17) is 4.74 Å². The number of nitrogens with zero attached hydrogens (tertiary/aromatic N) is 4. The lowest BCUT2D eigenvalue weighted by Gasteiger charge is -2.14. The van der Waals surface area contributed by atoms with E-state index in [0.29, 0.717) is 24.7 Å². The lowest BCUT2D eigenvalue weighted by Crippen LogP contribution is -2.31. The molecule has 1 unspecified atom stereocenters. The molecule has 0 spiro atoms. The molecule has 108 valence electrons. The molecule has 1 saturated heterocycles. The first kappa shape index (κ1) is 13.5. The zero-order valence-corrected chi connectivity index (χ0v) is 12.5. The SMILES string of the molecule is Cn1cnc(S(=O)(=O)N2CCC(Oc3nccs3)C2)c1. The van der Waals surface area contributed by atoms with Gasteiger partial charge < -0.3 is 9.30 Å². The number of hydrogen-bond donors (Lipinski definition) is 0. The Morgan fingerprint density at radius 3 is 2.95 bits per heavy atom. The third-order valence-electron chi connectivity index (χ3n) is 3.07. The van der Waals surface area contributed by atoms with Crippen molar-refractivity contribution < 1.29 is 13.2 Å². The Bertz CT molecular complexity index is 680. The molecule has 0 bridgehead atoms. The van der Waals surface area contributed by atoms with Gasteiger partial charge in [-0.05, 0) is 6.42 Å². The van der Waals surface area contributed by atoms with Gasteiger partial charge in [0.05, 0.1) is 12.9 Å². The number of rotatable bonds is 4.